The van der Waals surface area contributed by atoms with E-state index < -0.39 is 5.66 Å². The molecule has 2 aliphatic rings. The molecule has 1 saturated carbocycles. The van der Waals surface area contributed by atoms with Crippen molar-refractivity contribution < 1.29 is 9.59 Å². The first-order valence-corrected chi connectivity index (χ1v) is 4.12. The van der Waals surface area contributed by atoms with Gasteiger partial charge in [-0.3, -0.25) is 5.32 Å². The summed E-state index contributed by atoms with van der Waals surface area (Å²) < 4.78 is 0. The number of hydrogen-bond acceptors (Lipinski definition) is 2. The third kappa shape index (κ3) is 1.11. The minimum atomic E-state index is -0.445. The van der Waals surface area contributed by atoms with Crippen LogP contribution in [0.3, 0.4) is 0 Å². The van der Waals surface area contributed by atoms with Crippen molar-refractivity contribution in [2.75, 3.05) is 0 Å². The number of nitrogens with one attached hydrogen (secondary N) is 3. The Morgan fingerprint density at radius 1 is 1.00 bits per heavy atom. The zero-order valence-electron chi connectivity index (χ0n) is 6.64. The summed E-state index contributed by atoms with van der Waals surface area (Å²) >= 11 is 0. The fourth-order valence-corrected chi connectivity index (χ4v) is 1.86. The van der Waals surface area contributed by atoms with Gasteiger partial charge < -0.3 is 10.6 Å². The molecule has 12 heavy (non-hydrogen) atoms. The van der Waals surface area contributed by atoms with Crippen LogP contribution in [0.25, 0.3) is 0 Å². The summed E-state index contributed by atoms with van der Waals surface area (Å²) in [5.41, 5.74) is -0.445. The lowest BCUT2D eigenvalue weighted by molar-refractivity contribution is 0.184. The van der Waals surface area contributed by atoms with Gasteiger partial charge >= 0.3 is 12.1 Å². The number of urea groups is 2. The van der Waals surface area contributed by atoms with Crippen LogP contribution in [0.2, 0.25) is 0 Å². The number of carbonyl (C=O) groups excluding carboxylic acids is 2. The summed E-state index contributed by atoms with van der Waals surface area (Å²) in [7, 11) is 0. The monoisotopic (exact) mass is 169 g/mol. The topological polar surface area (TPSA) is 70.2 Å². The summed E-state index contributed by atoms with van der Waals surface area (Å²) in [6, 6.07) is -0.777. The maximum absolute atomic E-state index is 11.0. The molecule has 0 atom stereocenters. The zero-order valence-corrected chi connectivity index (χ0v) is 6.64. The molecule has 0 radical (unpaired) electrons. The third-order valence-corrected chi connectivity index (χ3v) is 2.39. The van der Waals surface area contributed by atoms with E-state index >= 15 is 0 Å². The molecule has 1 saturated heterocycles. The van der Waals surface area contributed by atoms with Gasteiger partial charge in [0.1, 0.15) is 5.66 Å². The van der Waals surface area contributed by atoms with Gasteiger partial charge in [-0.15, -0.1) is 0 Å². The Bertz CT molecular complexity index is 215. The summed E-state index contributed by atoms with van der Waals surface area (Å²) in [4.78, 5) is 21.9. The minimum absolute atomic E-state index is 0.388. The number of amides is 4. The largest absolute Gasteiger partial charge is 0.324 e. The van der Waals surface area contributed by atoms with E-state index in [0.29, 0.717) is 0 Å². The molecule has 0 aromatic rings. The highest BCUT2D eigenvalue weighted by molar-refractivity contribution is 5.96. The summed E-state index contributed by atoms with van der Waals surface area (Å²) in [6.07, 6.45) is 3.79. The molecule has 5 heteroatoms. The molecule has 0 aromatic heterocycles. The van der Waals surface area contributed by atoms with Crippen molar-refractivity contribution in [3.05, 3.63) is 0 Å². The van der Waals surface area contributed by atoms with Crippen LogP contribution in [-0.4, -0.2) is 17.7 Å². The average molecular weight is 169 g/mol. The van der Waals surface area contributed by atoms with E-state index in [1.165, 1.54) is 0 Å². The maximum atomic E-state index is 11.0. The quantitative estimate of drug-likeness (QED) is 0.487. The molecule has 0 unspecified atom stereocenters. The number of rotatable bonds is 0. The molecule has 2 rings (SSSR count). The lowest BCUT2D eigenvalue weighted by atomic mass is 10.1. The Balaban J connectivity index is 2.14. The van der Waals surface area contributed by atoms with Crippen molar-refractivity contribution in [2.45, 2.75) is 31.3 Å². The molecular formula is C7H11N3O2. The van der Waals surface area contributed by atoms with Gasteiger partial charge in [-0.2, -0.15) is 0 Å². The highest BCUT2D eigenvalue weighted by atomic mass is 16.2. The Hall–Kier alpha value is -1.26. The molecule has 0 aromatic carbocycles. The lowest BCUT2D eigenvalue weighted by Gasteiger charge is -2.34. The normalized spacial score (nSPS) is 26.3. The zero-order chi connectivity index (χ0) is 8.60. The van der Waals surface area contributed by atoms with Crippen molar-refractivity contribution in [3.63, 3.8) is 0 Å². The molecule has 0 bridgehead atoms. The van der Waals surface area contributed by atoms with Gasteiger partial charge in [0.05, 0.1) is 0 Å². The van der Waals surface area contributed by atoms with Gasteiger partial charge in [0, 0.05) is 0 Å². The molecule has 66 valence electrons. The van der Waals surface area contributed by atoms with Crippen LogP contribution in [0, 0.1) is 0 Å². The van der Waals surface area contributed by atoms with Gasteiger partial charge in [-0.25, -0.2) is 9.59 Å². The second-order valence-electron chi connectivity index (χ2n) is 3.32. The average Bonchev–Trinajstić information content (AvgIpc) is 2.33. The molecule has 1 aliphatic carbocycles. The molecule has 5 nitrogen and oxygen atoms in total. The fraction of sp³-hybridized carbons (Fsp3) is 0.714. The van der Waals surface area contributed by atoms with E-state index in [0.717, 1.165) is 25.7 Å². The maximum Gasteiger partial charge on any atom is 0.324 e. The lowest BCUT2D eigenvalue weighted by Crippen LogP contribution is -2.69. The van der Waals surface area contributed by atoms with Crippen LogP contribution in [-0.2, 0) is 0 Å². The van der Waals surface area contributed by atoms with Crippen molar-refractivity contribution in [3.8, 4) is 0 Å². The Labute approximate surface area is 69.9 Å². The fourth-order valence-electron chi connectivity index (χ4n) is 1.86. The van der Waals surface area contributed by atoms with Crippen LogP contribution >= 0.6 is 0 Å². The van der Waals surface area contributed by atoms with Gasteiger partial charge in [-0.1, -0.05) is 0 Å². The van der Waals surface area contributed by atoms with E-state index in [-0.39, 0.29) is 12.1 Å². The molecule has 4 amide bonds. The van der Waals surface area contributed by atoms with Gasteiger partial charge in [0.15, 0.2) is 0 Å². The van der Waals surface area contributed by atoms with Gasteiger partial charge in [-0.05, 0) is 25.7 Å². The van der Waals surface area contributed by atoms with E-state index in [4.69, 9.17) is 0 Å². The predicted octanol–water partition coefficient (Wildman–Crippen LogP) is 0.279. The van der Waals surface area contributed by atoms with Crippen LogP contribution in [0.4, 0.5) is 9.59 Å². The highest BCUT2D eigenvalue weighted by Crippen LogP contribution is 2.27. The van der Waals surface area contributed by atoms with Crippen LogP contribution < -0.4 is 16.0 Å². The van der Waals surface area contributed by atoms with E-state index in [9.17, 15) is 9.59 Å². The van der Waals surface area contributed by atoms with Crippen molar-refractivity contribution in [1.82, 2.24) is 16.0 Å². The van der Waals surface area contributed by atoms with Crippen LogP contribution in [0.1, 0.15) is 25.7 Å². The summed E-state index contributed by atoms with van der Waals surface area (Å²) in [5.74, 6) is 0. The molecule has 1 spiro atoms. The van der Waals surface area contributed by atoms with Gasteiger partial charge in [0.25, 0.3) is 0 Å². The first-order chi connectivity index (χ1) is 5.70. The molecule has 1 aliphatic heterocycles. The molecule has 1 heterocycles. The number of imide groups is 1. The Kier molecular flexibility index (Phi) is 1.46. The van der Waals surface area contributed by atoms with E-state index in [1.54, 1.807) is 0 Å². The summed E-state index contributed by atoms with van der Waals surface area (Å²) in [6.45, 7) is 0. The van der Waals surface area contributed by atoms with Crippen molar-refractivity contribution in [1.29, 1.82) is 0 Å². The van der Waals surface area contributed by atoms with Gasteiger partial charge in [0.2, 0.25) is 0 Å². The predicted molar refractivity (Wildman–Crippen MR) is 41.4 cm³/mol. The molecular weight excluding hydrogens is 158 g/mol. The van der Waals surface area contributed by atoms with Crippen molar-refractivity contribution in [2.24, 2.45) is 0 Å². The minimum Gasteiger partial charge on any atom is -0.315 e. The first-order valence-electron chi connectivity index (χ1n) is 4.12. The summed E-state index contributed by atoms with van der Waals surface area (Å²) in [5, 5.41) is 7.61. The Morgan fingerprint density at radius 3 is 2.00 bits per heavy atom. The second kappa shape index (κ2) is 2.36. The Morgan fingerprint density at radius 2 is 1.50 bits per heavy atom. The number of carbonyl (C=O) groups is 2. The van der Waals surface area contributed by atoms with Crippen molar-refractivity contribution >= 4 is 12.1 Å². The smallest absolute Gasteiger partial charge is 0.315 e. The van der Waals surface area contributed by atoms with Crippen LogP contribution in [0.5, 0.6) is 0 Å². The van der Waals surface area contributed by atoms with E-state index in [2.05, 4.69) is 16.0 Å². The van der Waals surface area contributed by atoms with E-state index in [1.807, 2.05) is 0 Å². The second-order valence-corrected chi connectivity index (χ2v) is 3.32. The van der Waals surface area contributed by atoms with Crippen LogP contribution in [0.15, 0.2) is 0 Å². The molecule has 3 N–H and O–H groups in total. The number of hydrogen-bond donors (Lipinski definition) is 3. The standard InChI is InChI=1S/C7H11N3O2/c11-5-8-6(12)10-7(9-5)3-1-2-4-7/h1-4H2,(H3,8,9,10,11,12). The SMILES string of the molecule is O=C1NC(=O)NC2(CCCC2)N1. The first kappa shape index (κ1) is 7.39. The highest BCUT2D eigenvalue weighted by Gasteiger charge is 2.40. The third-order valence-electron chi connectivity index (χ3n) is 2.39. The molecule has 2 fully saturated rings.